The number of nitrogen functional groups attached to an aromatic ring is 1. The number of rotatable bonds is 2. The van der Waals surface area contributed by atoms with Gasteiger partial charge in [-0.2, -0.15) is 0 Å². The summed E-state index contributed by atoms with van der Waals surface area (Å²) >= 11 is 3.32. The monoisotopic (exact) mass is 294 g/mol. The minimum absolute atomic E-state index is 0.190. The normalized spacial score (nSPS) is 10.2. The first-order valence-corrected chi connectivity index (χ1v) is 5.70. The first-order valence-electron chi connectivity index (χ1n) is 4.91. The zero-order valence-corrected chi connectivity index (χ0v) is 10.7. The highest BCUT2D eigenvalue weighted by Gasteiger charge is 2.11. The predicted octanol–water partition coefficient (Wildman–Crippen LogP) is 2.02. The smallest absolute Gasteiger partial charge is 0.272 e. The van der Waals surface area contributed by atoms with Crippen LogP contribution in [0.4, 0.5) is 11.5 Å². The lowest BCUT2D eigenvalue weighted by Crippen LogP contribution is -2.15. The summed E-state index contributed by atoms with van der Waals surface area (Å²) < 4.78 is 2.60. The van der Waals surface area contributed by atoms with Crippen LogP contribution < -0.4 is 11.1 Å². The molecule has 0 saturated heterocycles. The van der Waals surface area contributed by atoms with Crippen LogP contribution in [0.25, 0.3) is 0 Å². The Bertz CT molecular complexity index is 547. The van der Waals surface area contributed by atoms with E-state index in [4.69, 9.17) is 5.73 Å². The number of pyridine rings is 1. The van der Waals surface area contributed by atoms with E-state index < -0.39 is 0 Å². The van der Waals surface area contributed by atoms with E-state index in [2.05, 4.69) is 26.2 Å². The van der Waals surface area contributed by atoms with Gasteiger partial charge in [0.2, 0.25) is 0 Å². The van der Waals surface area contributed by atoms with E-state index >= 15 is 0 Å². The number of nitrogens with two attached hydrogens (primary N) is 1. The highest BCUT2D eigenvalue weighted by molar-refractivity contribution is 9.10. The maximum atomic E-state index is 11.9. The largest absolute Gasteiger partial charge is 0.384 e. The van der Waals surface area contributed by atoms with Gasteiger partial charge in [-0.15, -0.1) is 0 Å². The van der Waals surface area contributed by atoms with Crippen LogP contribution in [-0.2, 0) is 7.05 Å². The van der Waals surface area contributed by atoms with Crippen LogP contribution in [0.2, 0.25) is 0 Å². The molecule has 1 amide bonds. The zero-order chi connectivity index (χ0) is 12.4. The Hall–Kier alpha value is -1.82. The van der Waals surface area contributed by atoms with Crippen LogP contribution in [0.15, 0.2) is 35.1 Å². The average molecular weight is 295 g/mol. The van der Waals surface area contributed by atoms with E-state index in [1.165, 1.54) is 6.20 Å². The van der Waals surface area contributed by atoms with Crippen molar-refractivity contribution in [1.29, 1.82) is 0 Å². The third-order valence-corrected chi connectivity index (χ3v) is 2.68. The molecule has 2 rings (SSSR count). The van der Waals surface area contributed by atoms with E-state index in [1.54, 1.807) is 29.8 Å². The molecule has 0 aliphatic carbocycles. The SMILES string of the molecule is Cn1cc(Br)cc1C(=O)Nc1ccc(N)nc1. The molecule has 0 saturated carbocycles. The predicted molar refractivity (Wildman–Crippen MR) is 69.7 cm³/mol. The Morgan fingerprint density at radius 2 is 2.29 bits per heavy atom. The second-order valence-corrected chi connectivity index (χ2v) is 4.50. The first kappa shape index (κ1) is 11.7. The lowest BCUT2D eigenvalue weighted by molar-refractivity contribution is 0.101. The molecule has 0 fully saturated rings. The molecular formula is C11H11BrN4O. The van der Waals surface area contributed by atoms with Crippen molar-refractivity contribution in [2.75, 3.05) is 11.1 Å². The summed E-state index contributed by atoms with van der Waals surface area (Å²) in [5, 5.41) is 2.74. The fourth-order valence-corrected chi connectivity index (χ4v) is 1.95. The molecular weight excluding hydrogens is 284 g/mol. The van der Waals surface area contributed by atoms with E-state index in [1.807, 2.05) is 6.20 Å². The molecule has 6 heteroatoms. The number of nitrogens with one attached hydrogen (secondary N) is 1. The molecule has 0 bridgehead atoms. The van der Waals surface area contributed by atoms with Gasteiger partial charge in [0.1, 0.15) is 11.5 Å². The van der Waals surface area contributed by atoms with E-state index in [0.29, 0.717) is 17.2 Å². The standard InChI is InChI=1S/C11H11BrN4O/c1-16-6-7(12)4-9(16)11(17)15-8-2-3-10(13)14-5-8/h2-6H,1H3,(H2,13,14)(H,15,17). The van der Waals surface area contributed by atoms with E-state index in [0.717, 1.165) is 4.47 Å². The van der Waals surface area contributed by atoms with Crippen molar-refractivity contribution in [2.24, 2.45) is 7.05 Å². The second kappa shape index (κ2) is 4.58. The number of halogens is 1. The van der Waals surface area contributed by atoms with Crippen molar-refractivity contribution in [3.05, 3.63) is 40.8 Å². The fraction of sp³-hybridized carbons (Fsp3) is 0.0909. The van der Waals surface area contributed by atoms with Gasteiger partial charge in [-0.05, 0) is 34.1 Å². The van der Waals surface area contributed by atoms with Crippen LogP contribution in [0.5, 0.6) is 0 Å². The Morgan fingerprint density at radius 3 is 2.82 bits per heavy atom. The number of carbonyl (C=O) groups is 1. The summed E-state index contributed by atoms with van der Waals surface area (Å²) in [6.07, 6.45) is 3.33. The van der Waals surface area contributed by atoms with Crippen LogP contribution >= 0.6 is 15.9 Å². The number of anilines is 2. The van der Waals surface area contributed by atoms with Crippen LogP contribution in [0, 0.1) is 0 Å². The molecule has 2 heterocycles. The number of nitrogens with zero attached hydrogens (tertiary/aromatic N) is 2. The van der Waals surface area contributed by atoms with Crippen molar-refractivity contribution in [2.45, 2.75) is 0 Å². The molecule has 2 aromatic heterocycles. The lowest BCUT2D eigenvalue weighted by Gasteiger charge is -2.05. The van der Waals surface area contributed by atoms with Gasteiger partial charge in [0.25, 0.3) is 5.91 Å². The average Bonchev–Trinajstić information content (AvgIpc) is 2.61. The Labute approximate surface area is 107 Å². The van der Waals surface area contributed by atoms with E-state index in [-0.39, 0.29) is 5.91 Å². The van der Waals surface area contributed by atoms with Gasteiger partial charge in [0.05, 0.1) is 11.9 Å². The highest BCUT2D eigenvalue weighted by atomic mass is 79.9. The second-order valence-electron chi connectivity index (χ2n) is 3.58. The van der Waals surface area contributed by atoms with E-state index in [9.17, 15) is 4.79 Å². The van der Waals surface area contributed by atoms with Gasteiger partial charge in [0, 0.05) is 17.7 Å². The maximum Gasteiger partial charge on any atom is 0.272 e. The summed E-state index contributed by atoms with van der Waals surface area (Å²) in [5.41, 5.74) is 6.64. The summed E-state index contributed by atoms with van der Waals surface area (Å²) in [6, 6.07) is 5.09. The first-order chi connectivity index (χ1) is 8.06. The van der Waals surface area contributed by atoms with Crippen molar-refractivity contribution < 1.29 is 4.79 Å². The van der Waals surface area contributed by atoms with Crippen LogP contribution in [0.3, 0.4) is 0 Å². The van der Waals surface area contributed by atoms with Crippen LogP contribution in [-0.4, -0.2) is 15.5 Å². The number of carbonyl (C=O) groups excluding carboxylic acids is 1. The fourth-order valence-electron chi connectivity index (χ4n) is 1.42. The maximum absolute atomic E-state index is 11.9. The number of aromatic nitrogens is 2. The number of hydrogen-bond acceptors (Lipinski definition) is 3. The Morgan fingerprint density at radius 1 is 1.53 bits per heavy atom. The third kappa shape index (κ3) is 2.65. The number of hydrogen-bond donors (Lipinski definition) is 2. The molecule has 3 N–H and O–H groups in total. The Kier molecular flexibility index (Phi) is 3.14. The molecule has 0 aliphatic heterocycles. The van der Waals surface area contributed by atoms with Gasteiger partial charge in [-0.3, -0.25) is 4.79 Å². The molecule has 5 nitrogen and oxygen atoms in total. The number of amides is 1. The molecule has 0 radical (unpaired) electrons. The molecule has 0 aromatic carbocycles. The summed E-state index contributed by atoms with van der Waals surface area (Å²) in [7, 11) is 1.81. The van der Waals surface area contributed by atoms with Gasteiger partial charge in [-0.25, -0.2) is 4.98 Å². The highest BCUT2D eigenvalue weighted by Crippen LogP contribution is 2.15. The molecule has 2 aromatic rings. The molecule has 0 unspecified atom stereocenters. The third-order valence-electron chi connectivity index (χ3n) is 2.25. The molecule has 0 atom stereocenters. The van der Waals surface area contributed by atoms with Crippen LogP contribution in [0.1, 0.15) is 10.5 Å². The minimum Gasteiger partial charge on any atom is -0.384 e. The van der Waals surface area contributed by atoms with Gasteiger partial charge < -0.3 is 15.6 Å². The molecule has 0 aliphatic rings. The summed E-state index contributed by atoms with van der Waals surface area (Å²) in [6.45, 7) is 0. The topological polar surface area (TPSA) is 72.9 Å². The van der Waals surface area contributed by atoms with Crippen molar-refractivity contribution in [3.63, 3.8) is 0 Å². The van der Waals surface area contributed by atoms with Crippen molar-refractivity contribution >= 4 is 33.3 Å². The van der Waals surface area contributed by atoms with Gasteiger partial charge in [0.15, 0.2) is 0 Å². The van der Waals surface area contributed by atoms with Crippen molar-refractivity contribution in [3.8, 4) is 0 Å². The molecule has 0 spiro atoms. The summed E-state index contributed by atoms with van der Waals surface area (Å²) in [4.78, 5) is 15.8. The molecule has 17 heavy (non-hydrogen) atoms. The van der Waals surface area contributed by atoms with Crippen molar-refractivity contribution in [1.82, 2.24) is 9.55 Å². The zero-order valence-electron chi connectivity index (χ0n) is 9.14. The minimum atomic E-state index is -0.190. The Balaban J connectivity index is 2.17. The number of aryl methyl sites for hydroxylation is 1. The molecule has 88 valence electrons. The summed E-state index contributed by atoms with van der Waals surface area (Å²) in [5.74, 6) is 0.231. The van der Waals surface area contributed by atoms with Gasteiger partial charge in [-0.1, -0.05) is 0 Å². The lowest BCUT2D eigenvalue weighted by atomic mass is 10.3. The van der Waals surface area contributed by atoms with Gasteiger partial charge >= 0.3 is 0 Å². The quantitative estimate of drug-likeness (QED) is 0.890.